The number of carbonyl (C=O) groups excluding carboxylic acids is 1. The molecule has 1 fully saturated rings. The van der Waals surface area contributed by atoms with Gasteiger partial charge in [-0.25, -0.2) is 8.78 Å². The zero-order valence-electron chi connectivity index (χ0n) is 13.7. The molecule has 1 saturated heterocycles. The number of amides is 1. The van der Waals surface area contributed by atoms with E-state index in [1.807, 2.05) is 12.1 Å². The zero-order valence-corrected chi connectivity index (χ0v) is 13.7. The Bertz CT molecular complexity index is 739. The molecule has 0 aliphatic carbocycles. The summed E-state index contributed by atoms with van der Waals surface area (Å²) in [7, 11) is 0. The van der Waals surface area contributed by atoms with Gasteiger partial charge in [-0.1, -0.05) is 18.2 Å². The van der Waals surface area contributed by atoms with Crippen LogP contribution in [0.3, 0.4) is 0 Å². The number of anilines is 2. The fourth-order valence-corrected chi connectivity index (χ4v) is 3.02. The summed E-state index contributed by atoms with van der Waals surface area (Å²) in [5.74, 6) is -1.93. The van der Waals surface area contributed by atoms with Gasteiger partial charge in [0.15, 0.2) is 0 Å². The number of aliphatic hydroxyl groups is 1. The van der Waals surface area contributed by atoms with E-state index >= 15 is 0 Å². The van der Waals surface area contributed by atoms with Crippen LogP contribution in [0.1, 0.15) is 18.4 Å². The van der Waals surface area contributed by atoms with Gasteiger partial charge in [0.1, 0.15) is 11.6 Å². The van der Waals surface area contributed by atoms with Crippen LogP contribution < -0.4 is 10.2 Å². The molecule has 0 atom stereocenters. The van der Waals surface area contributed by atoms with Gasteiger partial charge in [0.2, 0.25) is 5.91 Å². The lowest BCUT2D eigenvalue weighted by Gasteiger charge is -2.32. The van der Waals surface area contributed by atoms with Crippen molar-refractivity contribution in [2.45, 2.75) is 25.4 Å². The smallest absolute Gasteiger partial charge is 0.229 e. The van der Waals surface area contributed by atoms with Crippen molar-refractivity contribution in [1.82, 2.24) is 0 Å². The first-order valence-electron chi connectivity index (χ1n) is 8.29. The predicted molar refractivity (Wildman–Crippen MR) is 92.6 cm³/mol. The average Bonchev–Trinajstić information content (AvgIpc) is 2.60. The van der Waals surface area contributed by atoms with Gasteiger partial charge >= 0.3 is 0 Å². The highest BCUT2D eigenvalue weighted by Crippen LogP contribution is 2.28. The van der Waals surface area contributed by atoms with E-state index in [4.69, 9.17) is 0 Å². The Morgan fingerprint density at radius 1 is 1.08 bits per heavy atom. The van der Waals surface area contributed by atoms with Crippen LogP contribution in [0.15, 0.2) is 42.5 Å². The Morgan fingerprint density at radius 2 is 1.72 bits per heavy atom. The molecule has 4 nitrogen and oxygen atoms in total. The molecule has 2 N–H and O–H groups in total. The largest absolute Gasteiger partial charge is 0.393 e. The molecule has 0 bridgehead atoms. The number of piperidine rings is 1. The molecule has 6 heteroatoms. The summed E-state index contributed by atoms with van der Waals surface area (Å²) in [6.45, 7) is 1.38. The molecule has 25 heavy (non-hydrogen) atoms. The first-order valence-corrected chi connectivity index (χ1v) is 8.29. The highest BCUT2D eigenvalue weighted by atomic mass is 19.1. The number of nitrogens with zero attached hydrogens (tertiary/aromatic N) is 1. The molecule has 3 rings (SSSR count). The summed E-state index contributed by atoms with van der Waals surface area (Å²) < 4.78 is 27.4. The van der Waals surface area contributed by atoms with Crippen molar-refractivity contribution in [3.63, 3.8) is 0 Å². The van der Waals surface area contributed by atoms with E-state index < -0.39 is 17.5 Å². The summed E-state index contributed by atoms with van der Waals surface area (Å²) in [6.07, 6.45) is 0.679. The van der Waals surface area contributed by atoms with Crippen molar-refractivity contribution < 1.29 is 18.7 Å². The number of nitrogens with one attached hydrogen (secondary N) is 1. The van der Waals surface area contributed by atoms with E-state index in [0.717, 1.165) is 17.8 Å². The quantitative estimate of drug-likeness (QED) is 0.894. The fraction of sp³-hybridized carbons (Fsp3) is 0.316. The third-order valence-corrected chi connectivity index (χ3v) is 4.38. The monoisotopic (exact) mass is 346 g/mol. The van der Waals surface area contributed by atoms with Gasteiger partial charge in [0.05, 0.1) is 23.9 Å². The van der Waals surface area contributed by atoms with E-state index in [-0.39, 0.29) is 18.1 Å². The lowest BCUT2D eigenvalue weighted by Crippen LogP contribution is -2.36. The predicted octanol–water partition coefficient (Wildman–Crippen LogP) is 3.11. The van der Waals surface area contributed by atoms with E-state index in [0.29, 0.717) is 31.6 Å². The maximum absolute atomic E-state index is 13.7. The van der Waals surface area contributed by atoms with Crippen molar-refractivity contribution in [2.75, 3.05) is 23.3 Å². The lowest BCUT2D eigenvalue weighted by atomic mass is 10.1. The van der Waals surface area contributed by atoms with Gasteiger partial charge in [-0.15, -0.1) is 0 Å². The van der Waals surface area contributed by atoms with Gasteiger partial charge in [-0.2, -0.15) is 0 Å². The Kier molecular flexibility index (Phi) is 5.28. The summed E-state index contributed by atoms with van der Waals surface area (Å²) in [5, 5.41) is 12.4. The Balaban J connectivity index is 1.73. The number of hydrogen-bond donors (Lipinski definition) is 2. The molecule has 0 radical (unpaired) electrons. The molecule has 0 aromatic heterocycles. The lowest BCUT2D eigenvalue weighted by molar-refractivity contribution is -0.115. The summed E-state index contributed by atoms with van der Waals surface area (Å²) in [6, 6.07) is 10.9. The Labute approximate surface area is 145 Å². The van der Waals surface area contributed by atoms with Crippen LogP contribution in [0.2, 0.25) is 0 Å². The Hall–Kier alpha value is -2.47. The van der Waals surface area contributed by atoms with Crippen LogP contribution in [-0.2, 0) is 11.2 Å². The number of hydrogen-bond acceptors (Lipinski definition) is 3. The molecule has 1 heterocycles. The van der Waals surface area contributed by atoms with Crippen molar-refractivity contribution in [3.05, 3.63) is 59.7 Å². The van der Waals surface area contributed by atoms with Gasteiger partial charge in [-0.05, 0) is 37.1 Å². The topological polar surface area (TPSA) is 52.6 Å². The summed E-state index contributed by atoms with van der Waals surface area (Å²) in [4.78, 5) is 14.4. The normalized spacial score (nSPS) is 15.2. The number of halogens is 2. The minimum absolute atomic E-state index is 0.237. The van der Waals surface area contributed by atoms with Gasteiger partial charge in [-0.3, -0.25) is 4.79 Å². The van der Waals surface area contributed by atoms with Crippen LogP contribution in [-0.4, -0.2) is 30.2 Å². The Morgan fingerprint density at radius 3 is 2.40 bits per heavy atom. The van der Waals surface area contributed by atoms with Crippen molar-refractivity contribution >= 4 is 17.3 Å². The van der Waals surface area contributed by atoms with Gasteiger partial charge in [0, 0.05) is 18.7 Å². The molecule has 0 spiro atoms. The fourth-order valence-electron chi connectivity index (χ4n) is 3.02. The SMILES string of the molecule is O=C(Cc1c(F)cccc1F)Nc1ccccc1N1CCC(O)CC1. The maximum atomic E-state index is 13.7. The number of para-hydroxylation sites is 2. The molecule has 0 unspecified atom stereocenters. The molecule has 1 aliphatic rings. The number of benzene rings is 2. The molecule has 1 aliphatic heterocycles. The average molecular weight is 346 g/mol. The molecule has 0 saturated carbocycles. The zero-order chi connectivity index (χ0) is 17.8. The number of carbonyl (C=O) groups is 1. The van der Waals surface area contributed by atoms with Gasteiger partial charge < -0.3 is 15.3 Å². The third kappa shape index (κ3) is 4.14. The molecule has 1 amide bonds. The third-order valence-electron chi connectivity index (χ3n) is 4.38. The second kappa shape index (κ2) is 7.61. The van der Waals surface area contributed by atoms with Crippen LogP contribution >= 0.6 is 0 Å². The van der Waals surface area contributed by atoms with Crippen LogP contribution in [0, 0.1) is 11.6 Å². The highest BCUT2D eigenvalue weighted by Gasteiger charge is 2.20. The first-order chi connectivity index (χ1) is 12.0. The molecule has 2 aromatic rings. The van der Waals surface area contributed by atoms with Crippen molar-refractivity contribution in [2.24, 2.45) is 0 Å². The van der Waals surface area contributed by atoms with Crippen molar-refractivity contribution in [3.8, 4) is 0 Å². The first kappa shape index (κ1) is 17.4. The van der Waals surface area contributed by atoms with E-state index in [1.54, 1.807) is 12.1 Å². The van der Waals surface area contributed by atoms with E-state index in [1.165, 1.54) is 6.07 Å². The maximum Gasteiger partial charge on any atom is 0.229 e. The summed E-state index contributed by atoms with van der Waals surface area (Å²) in [5.41, 5.74) is 1.20. The molecule has 132 valence electrons. The number of rotatable bonds is 4. The van der Waals surface area contributed by atoms with Crippen LogP contribution in [0.4, 0.5) is 20.2 Å². The standard InChI is InChI=1S/C19H20F2N2O2/c20-15-4-3-5-16(21)14(15)12-19(25)22-17-6-1-2-7-18(17)23-10-8-13(24)9-11-23/h1-7,13,24H,8-12H2,(H,22,25). The molecule has 2 aromatic carbocycles. The minimum atomic E-state index is -0.728. The summed E-state index contributed by atoms with van der Waals surface area (Å²) >= 11 is 0. The van der Waals surface area contributed by atoms with E-state index in [2.05, 4.69) is 10.2 Å². The van der Waals surface area contributed by atoms with Crippen LogP contribution in [0.25, 0.3) is 0 Å². The minimum Gasteiger partial charge on any atom is -0.393 e. The van der Waals surface area contributed by atoms with E-state index in [9.17, 15) is 18.7 Å². The second-order valence-corrected chi connectivity index (χ2v) is 6.16. The van der Waals surface area contributed by atoms with Crippen molar-refractivity contribution in [1.29, 1.82) is 0 Å². The van der Waals surface area contributed by atoms with Crippen LogP contribution in [0.5, 0.6) is 0 Å². The highest BCUT2D eigenvalue weighted by molar-refractivity contribution is 5.95. The molecular formula is C19H20F2N2O2. The number of aliphatic hydroxyl groups excluding tert-OH is 1. The molecular weight excluding hydrogens is 326 g/mol. The second-order valence-electron chi connectivity index (χ2n) is 6.16. The van der Waals surface area contributed by atoms with Gasteiger partial charge in [0.25, 0.3) is 0 Å².